The smallest absolute Gasteiger partial charge is 0.251 e. The lowest BCUT2D eigenvalue weighted by molar-refractivity contribution is -0.141. The molecule has 1 unspecified atom stereocenters. The highest BCUT2D eigenvalue weighted by atomic mass is 16.5. The third kappa shape index (κ3) is 3.10. The molecule has 1 fully saturated rings. The SMILES string of the molecule is CCOC(C)C(=O)N(C)Cc1cc(C2CC2)on1. The van der Waals surface area contributed by atoms with E-state index in [0.717, 1.165) is 11.5 Å². The van der Waals surface area contributed by atoms with Crippen LogP contribution in [-0.4, -0.2) is 35.7 Å². The van der Waals surface area contributed by atoms with Crippen LogP contribution in [0, 0.1) is 0 Å². The first kappa shape index (κ1) is 13.1. The summed E-state index contributed by atoms with van der Waals surface area (Å²) >= 11 is 0. The Bertz CT molecular complexity index is 412. The fraction of sp³-hybridized carbons (Fsp3) is 0.692. The van der Waals surface area contributed by atoms with E-state index in [4.69, 9.17) is 9.26 Å². The Morgan fingerprint density at radius 2 is 2.39 bits per heavy atom. The van der Waals surface area contributed by atoms with Gasteiger partial charge in [0.15, 0.2) is 0 Å². The zero-order valence-electron chi connectivity index (χ0n) is 11.2. The van der Waals surface area contributed by atoms with Crippen molar-refractivity contribution in [2.24, 2.45) is 0 Å². The lowest BCUT2D eigenvalue weighted by atomic mass is 10.2. The second-order valence-electron chi connectivity index (χ2n) is 4.79. The minimum atomic E-state index is -0.408. The molecule has 1 aromatic rings. The Morgan fingerprint density at radius 3 is 3.00 bits per heavy atom. The number of amides is 1. The summed E-state index contributed by atoms with van der Waals surface area (Å²) in [6, 6.07) is 1.95. The van der Waals surface area contributed by atoms with Crippen molar-refractivity contribution in [1.29, 1.82) is 0 Å². The summed E-state index contributed by atoms with van der Waals surface area (Å²) in [5, 5.41) is 4.00. The molecule has 0 N–H and O–H groups in total. The molecule has 1 atom stereocenters. The van der Waals surface area contributed by atoms with Gasteiger partial charge in [-0.3, -0.25) is 4.79 Å². The number of carbonyl (C=O) groups is 1. The summed E-state index contributed by atoms with van der Waals surface area (Å²) < 4.78 is 10.5. The minimum absolute atomic E-state index is 0.0344. The number of carbonyl (C=O) groups excluding carboxylic acids is 1. The Kier molecular flexibility index (Phi) is 4.01. The van der Waals surface area contributed by atoms with Gasteiger partial charge in [0.2, 0.25) is 0 Å². The van der Waals surface area contributed by atoms with Gasteiger partial charge in [-0.2, -0.15) is 0 Å². The molecule has 0 spiro atoms. The van der Waals surface area contributed by atoms with Crippen LogP contribution in [0.3, 0.4) is 0 Å². The maximum Gasteiger partial charge on any atom is 0.251 e. The van der Waals surface area contributed by atoms with E-state index in [9.17, 15) is 4.79 Å². The summed E-state index contributed by atoms with van der Waals surface area (Å²) in [4.78, 5) is 13.6. The van der Waals surface area contributed by atoms with Crippen molar-refractivity contribution < 1.29 is 14.1 Å². The fourth-order valence-electron chi connectivity index (χ4n) is 1.92. The normalized spacial score (nSPS) is 16.6. The lowest BCUT2D eigenvalue weighted by Crippen LogP contribution is -2.35. The third-order valence-corrected chi connectivity index (χ3v) is 3.10. The van der Waals surface area contributed by atoms with Crippen molar-refractivity contribution in [3.63, 3.8) is 0 Å². The van der Waals surface area contributed by atoms with Crippen LogP contribution in [0.25, 0.3) is 0 Å². The highest BCUT2D eigenvalue weighted by Crippen LogP contribution is 2.40. The van der Waals surface area contributed by atoms with Gasteiger partial charge in [-0.1, -0.05) is 5.16 Å². The summed E-state index contributed by atoms with van der Waals surface area (Å²) in [5.74, 6) is 1.46. The van der Waals surface area contributed by atoms with E-state index in [1.807, 2.05) is 13.0 Å². The first-order chi connectivity index (χ1) is 8.61. The molecule has 5 heteroatoms. The first-order valence-corrected chi connectivity index (χ1v) is 6.44. The number of likely N-dealkylation sites (N-methyl/N-ethyl adjacent to an activating group) is 1. The average molecular weight is 252 g/mol. The second-order valence-corrected chi connectivity index (χ2v) is 4.79. The molecule has 18 heavy (non-hydrogen) atoms. The van der Waals surface area contributed by atoms with Gasteiger partial charge in [-0.15, -0.1) is 0 Å². The predicted molar refractivity (Wildman–Crippen MR) is 66.0 cm³/mol. The van der Waals surface area contributed by atoms with Crippen LogP contribution in [0.4, 0.5) is 0 Å². The van der Waals surface area contributed by atoms with Crippen molar-refractivity contribution in [2.45, 2.75) is 45.3 Å². The summed E-state index contributed by atoms with van der Waals surface area (Å²) in [7, 11) is 1.75. The monoisotopic (exact) mass is 252 g/mol. The maximum absolute atomic E-state index is 11.9. The Labute approximate surface area is 107 Å². The topological polar surface area (TPSA) is 55.6 Å². The van der Waals surface area contributed by atoms with Crippen molar-refractivity contribution >= 4 is 5.91 Å². The molecule has 5 nitrogen and oxygen atoms in total. The van der Waals surface area contributed by atoms with E-state index < -0.39 is 6.10 Å². The molecule has 0 bridgehead atoms. The maximum atomic E-state index is 11.9. The zero-order chi connectivity index (χ0) is 13.1. The largest absolute Gasteiger partial charge is 0.369 e. The molecule has 0 aliphatic heterocycles. The molecule has 1 heterocycles. The molecule has 1 aromatic heterocycles. The van der Waals surface area contributed by atoms with Gasteiger partial charge in [-0.05, 0) is 26.7 Å². The zero-order valence-corrected chi connectivity index (χ0v) is 11.2. The average Bonchev–Trinajstić information content (AvgIpc) is 3.10. The fourth-order valence-corrected chi connectivity index (χ4v) is 1.92. The molecule has 0 saturated heterocycles. The van der Waals surface area contributed by atoms with Crippen molar-refractivity contribution in [1.82, 2.24) is 10.1 Å². The van der Waals surface area contributed by atoms with Gasteiger partial charge in [-0.25, -0.2) is 0 Å². The van der Waals surface area contributed by atoms with E-state index in [2.05, 4.69) is 5.16 Å². The van der Waals surface area contributed by atoms with Crippen molar-refractivity contribution in [2.75, 3.05) is 13.7 Å². The number of hydrogen-bond acceptors (Lipinski definition) is 4. The Hall–Kier alpha value is -1.36. The van der Waals surface area contributed by atoms with E-state index >= 15 is 0 Å². The number of ether oxygens (including phenoxy) is 1. The summed E-state index contributed by atoms with van der Waals surface area (Å²) in [5.41, 5.74) is 0.802. The van der Waals surface area contributed by atoms with Crippen molar-refractivity contribution in [3.05, 3.63) is 17.5 Å². The highest BCUT2D eigenvalue weighted by Gasteiger charge is 2.28. The molecule has 1 aliphatic carbocycles. The van der Waals surface area contributed by atoms with Crippen molar-refractivity contribution in [3.8, 4) is 0 Å². The molecule has 1 saturated carbocycles. The van der Waals surface area contributed by atoms with E-state index in [1.165, 1.54) is 12.8 Å². The number of rotatable bonds is 6. The van der Waals surface area contributed by atoms with Crippen LogP contribution in [0.1, 0.15) is 44.1 Å². The molecule has 0 aromatic carbocycles. The van der Waals surface area contributed by atoms with Gasteiger partial charge in [0.1, 0.15) is 17.6 Å². The molecular weight excluding hydrogens is 232 g/mol. The van der Waals surface area contributed by atoms with Gasteiger partial charge >= 0.3 is 0 Å². The first-order valence-electron chi connectivity index (χ1n) is 6.44. The van der Waals surface area contributed by atoms with Crippen LogP contribution < -0.4 is 0 Å². The summed E-state index contributed by atoms with van der Waals surface area (Å²) in [6.07, 6.45) is 1.96. The highest BCUT2D eigenvalue weighted by molar-refractivity contribution is 5.80. The van der Waals surface area contributed by atoms with E-state index in [-0.39, 0.29) is 5.91 Å². The summed E-state index contributed by atoms with van der Waals surface area (Å²) in [6.45, 7) is 4.65. The van der Waals surface area contributed by atoms with E-state index in [0.29, 0.717) is 19.1 Å². The Balaban J connectivity index is 1.88. The van der Waals surface area contributed by atoms with Gasteiger partial charge < -0.3 is 14.2 Å². The lowest BCUT2D eigenvalue weighted by Gasteiger charge is -2.19. The van der Waals surface area contributed by atoms with Gasteiger partial charge in [0.25, 0.3) is 5.91 Å². The molecule has 1 aliphatic rings. The standard InChI is InChI=1S/C13H20N2O3/c1-4-17-9(2)13(16)15(3)8-11-7-12(18-14-11)10-5-6-10/h7,9-10H,4-6,8H2,1-3H3. The van der Waals surface area contributed by atoms with Gasteiger partial charge in [0, 0.05) is 25.6 Å². The van der Waals surface area contributed by atoms with Crippen LogP contribution in [0.5, 0.6) is 0 Å². The van der Waals surface area contributed by atoms with Crippen LogP contribution in [0.15, 0.2) is 10.6 Å². The molecule has 1 amide bonds. The van der Waals surface area contributed by atoms with Gasteiger partial charge in [0.05, 0.1) is 6.54 Å². The number of aromatic nitrogens is 1. The van der Waals surface area contributed by atoms with Crippen LogP contribution in [0.2, 0.25) is 0 Å². The minimum Gasteiger partial charge on any atom is -0.369 e. The second kappa shape index (κ2) is 5.52. The van der Waals surface area contributed by atoms with Crippen LogP contribution >= 0.6 is 0 Å². The third-order valence-electron chi connectivity index (χ3n) is 3.10. The number of hydrogen-bond donors (Lipinski definition) is 0. The molecule has 2 rings (SSSR count). The Morgan fingerprint density at radius 1 is 1.67 bits per heavy atom. The van der Waals surface area contributed by atoms with E-state index in [1.54, 1.807) is 18.9 Å². The molecule has 100 valence electrons. The number of nitrogens with zero attached hydrogens (tertiary/aromatic N) is 2. The molecule has 0 radical (unpaired) electrons. The molecular formula is C13H20N2O3. The van der Waals surface area contributed by atoms with Crippen LogP contribution in [-0.2, 0) is 16.1 Å². The predicted octanol–water partition coefficient (Wildman–Crippen LogP) is 1.94. The quantitative estimate of drug-likeness (QED) is 0.776.